The van der Waals surface area contributed by atoms with Crippen LogP contribution in [0, 0.1) is 5.82 Å². The summed E-state index contributed by atoms with van der Waals surface area (Å²) in [7, 11) is 0. The molecule has 6 nitrogen and oxygen atoms in total. The van der Waals surface area contributed by atoms with Gasteiger partial charge in [0, 0.05) is 10.6 Å². The minimum absolute atomic E-state index is 0.153. The van der Waals surface area contributed by atoms with Gasteiger partial charge in [0.25, 0.3) is 5.78 Å². The largest absolute Gasteiger partial charge is 0.507 e. The van der Waals surface area contributed by atoms with Gasteiger partial charge < -0.3 is 5.11 Å². The molecule has 1 atom stereocenters. The van der Waals surface area contributed by atoms with E-state index in [9.17, 15) is 19.1 Å². The standard InChI is InChI=1S/C19H11ClFN3O3S/c20-13-4-2-1-3-12(13)15-14(16(25)10-5-7-11(21)8-6-10)17(26)18(27)24(15)19-23-22-9-28-19/h1-9,15,25H/t15-/m0/s1. The molecule has 1 saturated heterocycles. The summed E-state index contributed by atoms with van der Waals surface area (Å²) in [5.41, 5.74) is 1.93. The molecule has 2 aromatic carbocycles. The van der Waals surface area contributed by atoms with E-state index in [1.165, 1.54) is 17.6 Å². The molecule has 0 radical (unpaired) electrons. The lowest BCUT2D eigenvalue weighted by atomic mass is 9.95. The Kier molecular flexibility index (Phi) is 4.66. The van der Waals surface area contributed by atoms with Crippen LogP contribution in [-0.2, 0) is 9.59 Å². The number of Topliss-reactive ketones (excluding diaryl/α,β-unsaturated/α-hetero) is 1. The predicted molar refractivity (Wildman–Crippen MR) is 103 cm³/mol. The van der Waals surface area contributed by atoms with Crippen LogP contribution in [0.4, 0.5) is 9.52 Å². The first-order valence-electron chi connectivity index (χ1n) is 8.06. The smallest absolute Gasteiger partial charge is 0.301 e. The van der Waals surface area contributed by atoms with E-state index in [1.54, 1.807) is 24.3 Å². The Bertz CT molecular complexity index is 1100. The molecule has 0 unspecified atom stereocenters. The first-order valence-corrected chi connectivity index (χ1v) is 9.32. The van der Waals surface area contributed by atoms with Crippen LogP contribution in [0.15, 0.2) is 59.6 Å². The van der Waals surface area contributed by atoms with Gasteiger partial charge in [-0.1, -0.05) is 41.1 Å². The van der Waals surface area contributed by atoms with Crippen LogP contribution in [0.3, 0.4) is 0 Å². The quantitative estimate of drug-likeness (QED) is 0.397. The topological polar surface area (TPSA) is 83.4 Å². The number of anilines is 1. The summed E-state index contributed by atoms with van der Waals surface area (Å²) >= 11 is 7.40. The van der Waals surface area contributed by atoms with Gasteiger partial charge in [0.05, 0.1) is 11.6 Å². The fourth-order valence-electron chi connectivity index (χ4n) is 3.06. The number of carbonyl (C=O) groups excluding carboxylic acids is 2. The fraction of sp³-hybridized carbons (Fsp3) is 0.0526. The van der Waals surface area contributed by atoms with Crippen LogP contribution in [0.1, 0.15) is 17.2 Å². The Balaban J connectivity index is 1.96. The zero-order valence-corrected chi connectivity index (χ0v) is 15.6. The molecule has 9 heteroatoms. The van der Waals surface area contributed by atoms with Gasteiger partial charge in [0.2, 0.25) is 5.13 Å². The molecule has 4 rings (SSSR count). The first-order chi connectivity index (χ1) is 13.5. The number of hydrogen-bond donors (Lipinski definition) is 1. The Hall–Kier alpha value is -3.10. The number of hydrogen-bond acceptors (Lipinski definition) is 6. The van der Waals surface area contributed by atoms with E-state index in [4.69, 9.17) is 11.6 Å². The van der Waals surface area contributed by atoms with Gasteiger partial charge in [0.15, 0.2) is 0 Å². The highest BCUT2D eigenvalue weighted by Gasteiger charge is 2.48. The maximum absolute atomic E-state index is 13.3. The number of aliphatic hydroxyl groups excluding tert-OH is 1. The molecule has 1 N–H and O–H groups in total. The van der Waals surface area contributed by atoms with Crippen molar-refractivity contribution in [3.63, 3.8) is 0 Å². The number of carbonyl (C=O) groups is 2. The zero-order chi connectivity index (χ0) is 19.8. The van der Waals surface area contributed by atoms with Crippen molar-refractivity contribution in [2.24, 2.45) is 0 Å². The molecule has 3 aromatic rings. The summed E-state index contributed by atoms with van der Waals surface area (Å²) < 4.78 is 13.3. The van der Waals surface area contributed by atoms with E-state index in [2.05, 4.69) is 10.2 Å². The summed E-state index contributed by atoms with van der Waals surface area (Å²) in [6, 6.07) is 10.7. The molecule has 0 bridgehead atoms. The van der Waals surface area contributed by atoms with Gasteiger partial charge in [-0.3, -0.25) is 14.5 Å². The Morgan fingerprint density at radius 1 is 1.14 bits per heavy atom. The summed E-state index contributed by atoms with van der Waals surface area (Å²) in [5.74, 6) is -2.66. The molecule has 1 aliphatic rings. The second-order valence-electron chi connectivity index (χ2n) is 5.92. The summed E-state index contributed by atoms with van der Waals surface area (Å²) in [6.07, 6.45) is 0. The molecule has 0 aliphatic carbocycles. The van der Waals surface area contributed by atoms with Gasteiger partial charge in [-0.25, -0.2) is 4.39 Å². The molecule has 1 fully saturated rings. The molecule has 0 spiro atoms. The van der Waals surface area contributed by atoms with Gasteiger partial charge in [-0.05, 0) is 35.9 Å². The highest BCUT2D eigenvalue weighted by Crippen LogP contribution is 2.44. The number of rotatable bonds is 3. The summed E-state index contributed by atoms with van der Waals surface area (Å²) in [4.78, 5) is 26.7. The SMILES string of the molecule is O=C1C(=O)N(c2nncs2)[C@@H](c2ccccc2Cl)C1=C(O)c1ccc(F)cc1. The second-order valence-corrected chi connectivity index (χ2v) is 7.14. The normalized spacial score (nSPS) is 18.6. The van der Waals surface area contributed by atoms with Crippen molar-refractivity contribution in [3.05, 3.63) is 81.6 Å². The highest BCUT2D eigenvalue weighted by atomic mass is 35.5. The van der Waals surface area contributed by atoms with Crippen LogP contribution in [-0.4, -0.2) is 27.0 Å². The first kappa shape index (κ1) is 18.3. The minimum Gasteiger partial charge on any atom is -0.507 e. The van der Waals surface area contributed by atoms with E-state index >= 15 is 0 Å². The number of halogens is 2. The van der Waals surface area contributed by atoms with Gasteiger partial charge >= 0.3 is 5.91 Å². The molecule has 1 aliphatic heterocycles. The Morgan fingerprint density at radius 3 is 2.50 bits per heavy atom. The van der Waals surface area contributed by atoms with Crippen LogP contribution in [0.5, 0.6) is 0 Å². The van der Waals surface area contributed by atoms with E-state index < -0.39 is 29.3 Å². The van der Waals surface area contributed by atoms with Crippen LogP contribution in [0.2, 0.25) is 5.02 Å². The molecule has 2 heterocycles. The second kappa shape index (κ2) is 7.14. The number of benzene rings is 2. The number of aliphatic hydroxyl groups is 1. The zero-order valence-electron chi connectivity index (χ0n) is 14.0. The summed E-state index contributed by atoms with van der Waals surface area (Å²) in [6.45, 7) is 0. The molecule has 28 heavy (non-hydrogen) atoms. The van der Waals surface area contributed by atoms with Gasteiger partial charge in [-0.15, -0.1) is 10.2 Å². The third-order valence-electron chi connectivity index (χ3n) is 4.32. The third kappa shape index (κ3) is 2.96. The monoisotopic (exact) mass is 415 g/mol. The average molecular weight is 416 g/mol. The molecule has 1 aromatic heterocycles. The van der Waals surface area contributed by atoms with Crippen LogP contribution in [0.25, 0.3) is 5.76 Å². The van der Waals surface area contributed by atoms with E-state index in [-0.39, 0.29) is 16.3 Å². The van der Waals surface area contributed by atoms with Gasteiger partial charge in [-0.2, -0.15) is 0 Å². The van der Waals surface area contributed by atoms with E-state index in [0.29, 0.717) is 10.6 Å². The molecular weight excluding hydrogens is 405 g/mol. The minimum atomic E-state index is -0.994. The highest BCUT2D eigenvalue weighted by molar-refractivity contribution is 7.13. The van der Waals surface area contributed by atoms with Crippen LogP contribution < -0.4 is 4.90 Å². The lowest BCUT2D eigenvalue weighted by Crippen LogP contribution is -2.29. The van der Waals surface area contributed by atoms with E-state index in [0.717, 1.165) is 28.4 Å². The number of nitrogens with zero attached hydrogens (tertiary/aromatic N) is 3. The van der Waals surface area contributed by atoms with Crippen molar-refractivity contribution < 1.29 is 19.1 Å². The maximum atomic E-state index is 13.3. The van der Waals surface area contributed by atoms with Crippen molar-refractivity contribution in [2.45, 2.75) is 6.04 Å². The Labute approximate surface area is 167 Å². The average Bonchev–Trinajstić information content (AvgIpc) is 3.30. The van der Waals surface area contributed by atoms with Crippen molar-refractivity contribution in [1.82, 2.24) is 10.2 Å². The fourth-order valence-corrected chi connectivity index (χ4v) is 3.88. The van der Waals surface area contributed by atoms with Crippen molar-refractivity contribution in [2.75, 3.05) is 4.90 Å². The van der Waals surface area contributed by atoms with Crippen LogP contribution >= 0.6 is 22.9 Å². The lowest BCUT2D eigenvalue weighted by molar-refractivity contribution is -0.132. The molecule has 140 valence electrons. The number of aromatic nitrogens is 2. The predicted octanol–water partition coefficient (Wildman–Crippen LogP) is 3.96. The van der Waals surface area contributed by atoms with Gasteiger partial charge in [0.1, 0.15) is 17.1 Å². The number of amides is 1. The molecular formula is C19H11ClFN3O3S. The van der Waals surface area contributed by atoms with E-state index in [1.807, 2.05) is 0 Å². The number of ketones is 1. The molecule has 0 saturated carbocycles. The maximum Gasteiger partial charge on any atom is 0.301 e. The lowest BCUT2D eigenvalue weighted by Gasteiger charge is -2.23. The Morgan fingerprint density at radius 2 is 1.86 bits per heavy atom. The molecule has 1 amide bonds. The van der Waals surface area contributed by atoms with Crippen molar-refractivity contribution in [1.29, 1.82) is 0 Å². The van der Waals surface area contributed by atoms with Crippen molar-refractivity contribution >= 4 is 45.5 Å². The summed E-state index contributed by atoms with van der Waals surface area (Å²) in [5, 5.41) is 18.9. The third-order valence-corrected chi connectivity index (χ3v) is 5.35. The van der Waals surface area contributed by atoms with Crippen molar-refractivity contribution in [3.8, 4) is 0 Å².